The first-order chi connectivity index (χ1) is 7.70. The number of furan rings is 1. The van der Waals surface area contributed by atoms with Crippen LogP contribution in [0.4, 0.5) is 4.79 Å². The molecule has 0 fully saturated rings. The van der Waals surface area contributed by atoms with Gasteiger partial charge in [0.15, 0.2) is 0 Å². The zero-order chi connectivity index (χ0) is 11.5. The summed E-state index contributed by atoms with van der Waals surface area (Å²) >= 11 is 0. The number of nitrogens with zero attached hydrogens (tertiary/aromatic N) is 2. The minimum absolute atomic E-state index is 0.00708. The number of fused-ring (bicyclic) bond motifs is 1. The maximum Gasteiger partial charge on any atom is 0.512 e. The normalized spacial score (nSPS) is 10.3. The van der Waals surface area contributed by atoms with Crippen molar-refractivity contribution in [3.63, 3.8) is 0 Å². The van der Waals surface area contributed by atoms with Gasteiger partial charge >= 0.3 is 6.16 Å². The molecule has 2 aromatic rings. The van der Waals surface area contributed by atoms with Crippen LogP contribution in [0, 0.1) is 0 Å². The van der Waals surface area contributed by atoms with Gasteiger partial charge in [-0.1, -0.05) is 0 Å². The van der Waals surface area contributed by atoms with Crippen LogP contribution >= 0.6 is 0 Å². The molecule has 16 heavy (non-hydrogen) atoms. The summed E-state index contributed by atoms with van der Waals surface area (Å²) in [6.45, 7) is 2.05. The Balaban J connectivity index is 2.48. The number of carbonyl (C=O) groups is 1. The second-order valence-corrected chi connectivity index (χ2v) is 2.75. The van der Waals surface area contributed by atoms with Crippen molar-refractivity contribution in [3.8, 4) is 11.8 Å². The second-order valence-electron chi connectivity index (χ2n) is 2.75. The molecule has 0 bridgehead atoms. The lowest BCUT2D eigenvalue weighted by Crippen LogP contribution is -2.08. The first kappa shape index (κ1) is 10.2. The van der Waals surface area contributed by atoms with Gasteiger partial charge in [-0.25, -0.2) is 9.78 Å². The van der Waals surface area contributed by atoms with Gasteiger partial charge in [-0.2, -0.15) is 4.98 Å². The smallest absolute Gasteiger partial charge is 0.474 e. The van der Waals surface area contributed by atoms with E-state index in [1.165, 1.54) is 6.26 Å². The molecule has 0 unspecified atom stereocenters. The fourth-order valence-corrected chi connectivity index (χ4v) is 1.14. The molecule has 7 nitrogen and oxygen atoms in total. The average molecular weight is 224 g/mol. The maximum absolute atomic E-state index is 10.4. The van der Waals surface area contributed by atoms with E-state index in [0.29, 0.717) is 12.1 Å². The molecule has 84 valence electrons. The molecule has 2 rings (SSSR count). The third-order valence-electron chi connectivity index (χ3n) is 1.70. The van der Waals surface area contributed by atoms with Crippen LogP contribution in [-0.4, -0.2) is 27.8 Å². The number of rotatable bonds is 3. The average Bonchev–Trinajstić information content (AvgIpc) is 2.64. The number of hydrogen-bond acceptors (Lipinski definition) is 6. The second kappa shape index (κ2) is 4.05. The van der Waals surface area contributed by atoms with Gasteiger partial charge in [0, 0.05) is 6.07 Å². The van der Waals surface area contributed by atoms with Gasteiger partial charge in [-0.3, -0.25) is 0 Å². The van der Waals surface area contributed by atoms with E-state index < -0.39 is 6.16 Å². The van der Waals surface area contributed by atoms with Crippen LogP contribution in [0.1, 0.15) is 6.92 Å². The molecule has 0 radical (unpaired) electrons. The lowest BCUT2D eigenvalue weighted by atomic mass is 10.5. The van der Waals surface area contributed by atoms with E-state index in [1.807, 2.05) is 0 Å². The molecule has 2 aromatic heterocycles. The molecule has 0 aliphatic heterocycles. The summed E-state index contributed by atoms with van der Waals surface area (Å²) in [7, 11) is 0. The Hall–Kier alpha value is -2.31. The Morgan fingerprint density at radius 1 is 1.50 bits per heavy atom. The third-order valence-corrected chi connectivity index (χ3v) is 1.70. The quantitative estimate of drug-likeness (QED) is 0.792. The summed E-state index contributed by atoms with van der Waals surface area (Å²) in [5.41, 5.74) is 0.667. The van der Waals surface area contributed by atoms with Crippen molar-refractivity contribution in [2.24, 2.45) is 0 Å². The molecule has 0 spiro atoms. The molecule has 0 amide bonds. The highest BCUT2D eigenvalue weighted by Gasteiger charge is 2.15. The minimum Gasteiger partial charge on any atom is -0.474 e. The Kier molecular flexibility index (Phi) is 2.59. The van der Waals surface area contributed by atoms with Crippen molar-refractivity contribution in [2.45, 2.75) is 6.92 Å². The molecule has 0 aliphatic rings. The zero-order valence-electron chi connectivity index (χ0n) is 8.34. The van der Waals surface area contributed by atoms with Gasteiger partial charge in [0.2, 0.25) is 5.71 Å². The van der Waals surface area contributed by atoms with Crippen LogP contribution in [0.15, 0.2) is 16.7 Å². The molecule has 0 aliphatic carbocycles. The standard InChI is InChI=1S/C9H8N2O5/c1-2-14-7-8(16-9(12)13)10-5-3-4-15-6(5)11-7/h3-4H,2H2,1H3,(H,12,13). The van der Waals surface area contributed by atoms with Gasteiger partial charge in [-0.05, 0) is 6.92 Å². The topological polar surface area (TPSA) is 94.7 Å². The summed E-state index contributed by atoms with van der Waals surface area (Å²) in [5, 5.41) is 8.51. The molecule has 0 aromatic carbocycles. The van der Waals surface area contributed by atoms with E-state index in [-0.39, 0.29) is 17.5 Å². The Bertz CT molecular complexity index is 522. The van der Waals surface area contributed by atoms with Crippen LogP contribution < -0.4 is 9.47 Å². The predicted octanol–water partition coefficient (Wildman–Crippen LogP) is 1.68. The summed E-state index contributed by atoms with van der Waals surface area (Å²) in [5.74, 6) is -0.199. The third kappa shape index (κ3) is 1.88. The number of hydrogen-bond donors (Lipinski definition) is 1. The van der Waals surface area contributed by atoms with E-state index in [4.69, 9.17) is 14.3 Å². The zero-order valence-corrected chi connectivity index (χ0v) is 8.34. The van der Waals surface area contributed by atoms with E-state index in [9.17, 15) is 4.79 Å². The molecule has 1 N–H and O–H groups in total. The molecule has 7 heteroatoms. The van der Waals surface area contributed by atoms with Gasteiger partial charge in [0.1, 0.15) is 5.52 Å². The molecular formula is C9H8N2O5. The van der Waals surface area contributed by atoms with E-state index in [2.05, 4.69) is 14.7 Å². The van der Waals surface area contributed by atoms with Gasteiger partial charge in [0.25, 0.3) is 11.8 Å². The SMILES string of the molecule is CCOc1nc2occc2nc1OC(=O)O. The molecular weight excluding hydrogens is 216 g/mol. The first-order valence-corrected chi connectivity index (χ1v) is 4.49. The van der Waals surface area contributed by atoms with Crippen molar-refractivity contribution in [2.75, 3.05) is 6.61 Å². The van der Waals surface area contributed by atoms with Crippen molar-refractivity contribution in [1.82, 2.24) is 9.97 Å². The molecule has 0 saturated heterocycles. The molecule has 0 saturated carbocycles. The van der Waals surface area contributed by atoms with Crippen molar-refractivity contribution >= 4 is 17.4 Å². The largest absolute Gasteiger partial charge is 0.512 e. The van der Waals surface area contributed by atoms with Crippen molar-refractivity contribution in [1.29, 1.82) is 0 Å². The van der Waals surface area contributed by atoms with Crippen molar-refractivity contribution < 1.29 is 23.8 Å². The Labute approximate surface area is 89.6 Å². The highest BCUT2D eigenvalue weighted by molar-refractivity contribution is 5.71. The van der Waals surface area contributed by atoms with Crippen LogP contribution in [0.3, 0.4) is 0 Å². The monoisotopic (exact) mass is 224 g/mol. The van der Waals surface area contributed by atoms with Crippen LogP contribution in [0.2, 0.25) is 0 Å². The number of aromatic nitrogens is 2. The fourth-order valence-electron chi connectivity index (χ4n) is 1.14. The van der Waals surface area contributed by atoms with Crippen LogP contribution in [-0.2, 0) is 0 Å². The fraction of sp³-hybridized carbons (Fsp3) is 0.222. The van der Waals surface area contributed by atoms with E-state index in [1.54, 1.807) is 13.0 Å². The summed E-state index contributed by atoms with van der Waals surface area (Å²) < 4.78 is 14.6. The summed E-state index contributed by atoms with van der Waals surface area (Å²) in [6.07, 6.45) is -0.0802. The van der Waals surface area contributed by atoms with Gasteiger partial charge in [-0.15, -0.1) is 0 Å². The van der Waals surface area contributed by atoms with Gasteiger partial charge in [0.05, 0.1) is 12.9 Å². The highest BCUT2D eigenvalue weighted by atomic mass is 16.7. The van der Waals surface area contributed by atoms with Crippen LogP contribution in [0.5, 0.6) is 11.8 Å². The Morgan fingerprint density at radius 2 is 2.31 bits per heavy atom. The minimum atomic E-state index is -1.47. The predicted molar refractivity (Wildman–Crippen MR) is 51.6 cm³/mol. The lowest BCUT2D eigenvalue weighted by Gasteiger charge is -2.05. The van der Waals surface area contributed by atoms with Crippen molar-refractivity contribution in [3.05, 3.63) is 12.3 Å². The summed E-state index contributed by atoms with van der Waals surface area (Å²) in [6, 6.07) is 1.55. The highest BCUT2D eigenvalue weighted by Crippen LogP contribution is 2.26. The van der Waals surface area contributed by atoms with Crippen LogP contribution in [0.25, 0.3) is 11.2 Å². The number of carboxylic acid groups (broad SMARTS) is 1. The lowest BCUT2D eigenvalue weighted by molar-refractivity contribution is 0.139. The van der Waals surface area contributed by atoms with Gasteiger partial charge < -0.3 is 19.0 Å². The molecule has 2 heterocycles. The number of ether oxygens (including phenoxy) is 2. The first-order valence-electron chi connectivity index (χ1n) is 4.49. The van der Waals surface area contributed by atoms with E-state index >= 15 is 0 Å². The Morgan fingerprint density at radius 3 is 3.00 bits per heavy atom. The maximum atomic E-state index is 10.4. The molecule has 0 atom stereocenters. The summed E-state index contributed by atoms with van der Waals surface area (Å²) in [4.78, 5) is 18.3. The van der Waals surface area contributed by atoms with E-state index in [0.717, 1.165) is 0 Å².